The van der Waals surface area contributed by atoms with Gasteiger partial charge in [0.1, 0.15) is 12.1 Å². The fraction of sp³-hybridized carbons (Fsp3) is 0.382. The largest absolute Gasteiger partial charge is 0.512 e. The molecule has 0 fully saturated rings. The number of fused-ring (bicyclic) bond motifs is 3. The Balaban J connectivity index is 0.000000275. The van der Waals surface area contributed by atoms with E-state index >= 15 is 0 Å². The van der Waals surface area contributed by atoms with Crippen molar-refractivity contribution in [2.24, 2.45) is 10.8 Å². The summed E-state index contributed by atoms with van der Waals surface area (Å²) in [5, 5.41) is 13.6. The van der Waals surface area contributed by atoms with Gasteiger partial charge in [-0.15, -0.1) is 35.9 Å². The van der Waals surface area contributed by atoms with Crippen LogP contribution in [-0.4, -0.2) is 20.9 Å². The maximum Gasteiger partial charge on any atom is 0.164 e. The predicted molar refractivity (Wildman–Crippen MR) is 159 cm³/mol. The van der Waals surface area contributed by atoms with E-state index in [2.05, 4.69) is 53.3 Å². The van der Waals surface area contributed by atoms with E-state index in [9.17, 15) is 9.90 Å². The second kappa shape index (κ2) is 14.0. The molecule has 3 aromatic carbocycles. The third-order valence-corrected chi connectivity index (χ3v) is 8.34. The van der Waals surface area contributed by atoms with E-state index in [1.165, 1.54) is 22.4 Å². The van der Waals surface area contributed by atoms with Crippen LogP contribution in [0.4, 0.5) is 0 Å². The molecule has 0 aliphatic heterocycles. The zero-order valence-corrected chi connectivity index (χ0v) is 26.7. The van der Waals surface area contributed by atoms with Crippen LogP contribution in [0, 0.1) is 23.8 Å². The number of aromatic nitrogens is 2. The van der Waals surface area contributed by atoms with Crippen molar-refractivity contribution in [1.29, 1.82) is 0 Å². The van der Waals surface area contributed by atoms with Crippen LogP contribution < -0.4 is 0 Å². The monoisotopic (exact) mass is 702 g/mol. The molecule has 1 heterocycles. The number of hydrogen-bond donors (Lipinski definition) is 1. The fourth-order valence-corrected chi connectivity index (χ4v) is 4.40. The van der Waals surface area contributed by atoms with Gasteiger partial charge in [0, 0.05) is 42.4 Å². The fourth-order valence-electron chi connectivity index (χ4n) is 4.40. The molecule has 0 bridgehead atoms. The van der Waals surface area contributed by atoms with Gasteiger partial charge in [-0.3, -0.25) is 9.78 Å². The molecular formula is C34H41IrN2O2-. The van der Waals surface area contributed by atoms with Crippen molar-refractivity contribution in [3.8, 4) is 11.3 Å². The van der Waals surface area contributed by atoms with Gasteiger partial charge in [0.05, 0.1) is 5.52 Å². The summed E-state index contributed by atoms with van der Waals surface area (Å²) >= 11 is 0. The molecule has 0 unspecified atom stereocenters. The number of carbonyl (C=O) groups excluding carboxylic acids is 1. The number of benzene rings is 3. The van der Waals surface area contributed by atoms with Crippen LogP contribution in [0.5, 0.6) is 0 Å². The summed E-state index contributed by atoms with van der Waals surface area (Å²) in [6, 6.07) is 21.8. The minimum Gasteiger partial charge on any atom is -0.512 e. The summed E-state index contributed by atoms with van der Waals surface area (Å²) in [6.45, 7) is 14.2. The van der Waals surface area contributed by atoms with Crippen molar-refractivity contribution in [2.45, 2.75) is 74.1 Å². The first-order valence-electron chi connectivity index (χ1n) is 13.7. The smallest absolute Gasteiger partial charge is 0.164 e. The van der Waals surface area contributed by atoms with Gasteiger partial charge < -0.3 is 5.11 Å². The van der Waals surface area contributed by atoms with Crippen LogP contribution in [0.1, 0.15) is 72.8 Å². The van der Waals surface area contributed by atoms with E-state index < -0.39 is 0 Å². The molecule has 0 atom stereocenters. The number of carbonyl (C=O) groups is 1. The maximum absolute atomic E-state index is 12.2. The van der Waals surface area contributed by atoms with Crippen molar-refractivity contribution in [2.75, 3.05) is 0 Å². The number of ketones is 1. The molecule has 0 aliphatic rings. The maximum atomic E-state index is 12.2. The minimum atomic E-state index is -0.337. The molecule has 4 nitrogen and oxygen atoms in total. The van der Waals surface area contributed by atoms with E-state index in [1.54, 1.807) is 6.33 Å². The number of hydrogen-bond acceptors (Lipinski definition) is 4. The topological polar surface area (TPSA) is 63.1 Å². The summed E-state index contributed by atoms with van der Waals surface area (Å²) < 4.78 is 0. The molecule has 39 heavy (non-hydrogen) atoms. The normalized spacial score (nSPS) is 12.0. The molecular weight excluding hydrogens is 661 g/mol. The standard InChI is InChI=1S/C19H13N2.C15H28O2.Ir/c1-13-7-8-14-9-10-16-18(15-5-3-2-4-6-15)20-12-21-19(16)17(14)11-13;1-7-14(5,8-2)12(16)11-13(17)15(6,9-3)10-4;/h2-5,7-12H,1H3;11,16H,7-10H2,1-6H3;/q-1;;/b;12-11-;. The van der Waals surface area contributed by atoms with E-state index in [0.29, 0.717) is 0 Å². The van der Waals surface area contributed by atoms with Crippen molar-refractivity contribution in [1.82, 2.24) is 9.97 Å². The molecule has 1 N–H and O–H groups in total. The van der Waals surface area contributed by atoms with Gasteiger partial charge in [-0.1, -0.05) is 71.4 Å². The second-order valence-corrected chi connectivity index (χ2v) is 10.6. The third-order valence-electron chi connectivity index (χ3n) is 8.34. The Hall–Kier alpha value is -2.88. The summed E-state index contributed by atoms with van der Waals surface area (Å²) in [5.74, 6) is 0.286. The Labute approximate surface area is 247 Å². The molecule has 4 aromatic rings. The van der Waals surface area contributed by atoms with Crippen molar-refractivity contribution < 1.29 is 30.0 Å². The Morgan fingerprint density at radius 3 is 2.13 bits per heavy atom. The average molecular weight is 702 g/mol. The quantitative estimate of drug-likeness (QED) is 0.0862. The zero-order valence-electron chi connectivity index (χ0n) is 24.3. The molecule has 1 radical (unpaired) electrons. The number of aliphatic hydroxyl groups is 1. The van der Waals surface area contributed by atoms with E-state index in [0.717, 1.165) is 47.8 Å². The van der Waals surface area contributed by atoms with Crippen LogP contribution >= 0.6 is 0 Å². The summed E-state index contributed by atoms with van der Waals surface area (Å²) in [4.78, 5) is 21.2. The first-order valence-corrected chi connectivity index (χ1v) is 13.7. The van der Waals surface area contributed by atoms with Crippen molar-refractivity contribution in [3.63, 3.8) is 0 Å². The molecule has 5 heteroatoms. The number of allylic oxidation sites excluding steroid dienone is 2. The van der Waals surface area contributed by atoms with Crippen LogP contribution in [0.3, 0.4) is 0 Å². The Bertz CT molecular complexity index is 1420. The number of nitrogens with zero attached hydrogens (tertiary/aromatic N) is 2. The van der Waals surface area contributed by atoms with E-state index in [4.69, 9.17) is 0 Å². The van der Waals surface area contributed by atoms with Crippen LogP contribution in [0.2, 0.25) is 0 Å². The first kappa shape index (κ1) is 32.3. The molecule has 209 valence electrons. The zero-order chi connectivity index (χ0) is 27.9. The first-order chi connectivity index (χ1) is 18.1. The Morgan fingerprint density at radius 2 is 1.54 bits per heavy atom. The SMILES string of the molecule is CCC(C)(CC)C(=O)/C=C(\O)C(C)(CC)CC.Cc1ccc2ccc3c(-c4[c-]cccc4)ncnc3c2c1.[Ir]. The van der Waals surface area contributed by atoms with Gasteiger partial charge >= 0.3 is 0 Å². The summed E-state index contributed by atoms with van der Waals surface area (Å²) in [5.41, 5.74) is 3.56. The molecule has 0 saturated carbocycles. The molecule has 0 spiro atoms. The van der Waals surface area contributed by atoms with Crippen LogP contribution in [0.25, 0.3) is 32.9 Å². The molecule has 0 aliphatic carbocycles. The van der Waals surface area contributed by atoms with Gasteiger partial charge in [0.25, 0.3) is 0 Å². The Morgan fingerprint density at radius 1 is 0.897 bits per heavy atom. The van der Waals surface area contributed by atoms with Gasteiger partial charge in [-0.25, -0.2) is 4.98 Å². The molecule has 0 saturated heterocycles. The number of rotatable bonds is 8. The second-order valence-electron chi connectivity index (χ2n) is 10.6. The van der Waals surface area contributed by atoms with Gasteiger partial charge in [0.2, 0.25) is 0 Å². The Kier molecular flexibility index (Phi) is 11.6. The van der Waals surface area contributed by atoms with Crippen LogP contribution in [-0.2, 0) is 24.9 Å². The number of aryl methyl sites for hydroxylation is 1. The molecule has 0 amide bonds. The predicted octanol–water partition coefficient (Wildman–Crippen LogP) is 9.21. The minimum absolute atomic E-state index is 0. The van der Waals surface area contributed by atoms with Crippen molar-refractivity contribution in [3.05, 3.63) is 84.4 Å². The van der Waals surface area contributed by atoms with Gasteiger partial charge in [0.15, 0.2) is 5.78 Å². The van der Waals surface area contributed by atoms with Crippen LogP contribution in [0.15, 0.2) is 72.8 Å². The number of aliphatic hydroxyl groups excluding tert-OH is 1. The average Bonchev–Trinajstić information content (AvgIpc) is 2.96. The van der Waals surface area contributed by atoms with E-state index in [1.807, 2.05) is 65.8 Å². The van der Waals surface area contributed by atoms with Gasteiger partial charge in [-0.05, 0) is 55.1 Å². The van der Waals surface area contributed by atoms with Gasteiger partial charge in [-0.2, -0.15) is 0 Å². The molecule has 1 aromatic heterocycles. The molecule has 4 rings (SSSR count). The summed E-state index contributed by atoms with van der Waals surface area (Å²) in [6.07, 6.45) is 6.39. The van der Waals surface area contributed by atoms with Crippen molar-refractivity contribution >= 4 is 27.5 Å². The van der Waals surface area contributed by atoms with E-state index in [-0.39, 0.29) is 42.5 Å². The third kappa shape index (κ3) is 7.21. The summed E-state index contributed by atoms with van der Waals surface area (Å²) in [7, 11) is 0.